The number of nitrogens with one attached hydrogen (secondary N) is 1. The molecule has 10 nitrogen and oxygen atoms in total. The highest BCUT2D eigenvalue weighted by Gasteiger charge is 2.26. The normalized spacial score (nSPS) is 10.8. The van der Waals surface area contributed by atoms with Gasteiger partial charge in [-0.05, 0) is 48.7 Å². The van der Waals surface area contributed by atoms with Gasteiger partial charge in [-0.2, -0.15) is 4.98 Å². The molecule has 0 fully saturated rings. The molecule has 0 aliphatic heterocycles. The zero-order chi connectivity index (χ0) is 29.1. The Kier molecular flexibility index (Phi) is 10.1. The van der Waals surface area contributed by atoms with Crippen LogP contribution in [-0.2, 0) is 16.4 Å². The number of anilines is 1. The molecule has 2 aromatic carbocycles. The zero-order valence-corrected chi connectivity index (χ0v) is 23.5. The van der Waals surface area contributed by atoms with Gasteiger partial charge in [0.25, 0.3) is 15.9 Å². The minimum atomic E-state index is -4.13. The summed E-state index contributed by atoms with van der Waals surface area (Å²) in [6.45, 7) is 1.55. The van der Waals surface area contributed by atoms with E-state index >= 15 is 0 Å². The van der Waals surface area contributed by atoms with Crippen LogP contribution in [0.15, 0.2) is 78.0 Å². The molecule has 212 valence electrons. The average molecular weight is 575 g/mol. The molecule has 0 aliphatic rings. The summed E-state index contributed by atoms with van der Waals surface area (Å²) in [6, 6.07) is 17.1. The second kappa shape index (κ2) is 14.1. The number of aromatic nitrogens is 3. The van der Waals surface area contributed by atoms with E-state index in [4.69, 9.17) is 19.3 Å². The number of pyridine rings is 1. The van der Waals surface area contributed by atoms with Gasteiger partial charge in [0.05, 0.1) is 12.0 Å². The number of sulfonamides is 1. The van der Waals surface area contributed by atoms with Crippen LogP contribution in [-0.4, -0.2) is 48.8 Å². The molecule has 2 heterocycles. The molecule has 41 heavy (non-hydrogen) atoms. The summed E-state index contributed by atoms with van der Waals surface area (Å²) in [7, 11) is -2.64. The first kappa shape index (κ1) is 29.3. The van der Waals surface area contributed by atoms with Crippen molar-refractivity contribution in [3.05, 3.63) is 78.6 Å². The third kappa shape index (κ3) is 7.51. The zero-order valence-electron chi connectivity index (χ0n) is 22.7. The number of aliphatic hydroxyl groups is 1. The maximum Gasteiger partial charge on any atom is 0.264 e. The van der Waals surface area contributed by atoms with Gasteiger partial charge in [-0.3, -0.25) is 9.71 Å². The van der Waals surface area contributed by atoms with E-state index in [-0.39, 0.29) is 47.1 Å². The molecule has 2 aromatic heterocycles. The second-order valence-electron chi connectivity index (χ2n) is 8.64. The van der Waals surface area contributed by atoms with Crippen LogP contribution in [0.3, 0.4) is 0 Å². The van der Waals surface area contributed by atoms with E-state index in [0.29, 0.717) is 23.3 Å². The maximum absolute atomic E-state index is 13.8. The fourth-order valence-electron chi connectivity index (χ4n) is 3.87. The van der Waals surface area contributed by atoms with E-state index in [9.17, 15) is 8.42 Å². The molecule has 11 heteroatoms. The first-order valence-corrected chi connectivity index (χ1v) is 14.4. The van der Waals surface area contributed by atoms with Crippen molar-refractivity contribution in [2.45, 2.75) is 31.1 Å². The van der Waals surface area contributed by atoms with E-state index in [1.807, 2.05) is 13.0 Å². The van der Waals surface area contributed by atoms with Gasteiger partial charge in [0.15, 0.2) is 29.7 Å². The SMILES string of the molecule is CCCCc1ccccc1S(=O)(=O)Nc1nc(-c2ccncc2)nc(OCC#CCO)c1Oc1ccccc1OC. The van der Waals surface area contributed by atoms with Crippen LogP contribution in [0.1, 0.15) is 25.3 Å². The largest absolute Gasteiger partial charge is 0.493 e. The molecule has 2 N–H and O–H groups in total. The number of aryl methyl sites for hydroxylation is 1. The Morgan fingerprint density at radius 3 is 2.41 bits per heavy atom. The van der Waals surface area contributed by atoms with Crippen molar-refractivity contribution < 1.29 is 27.7 Å². The first-order valence-electron chi connectivity index (χ1n) is 12.9. The van der Waals surface area contributed by atoms with Gasteiger partial charge in [-0.1, -0.05) is 55.5 Å². The Morgan fingerprint density at radius 1 is 0.951 bits per heavy atom. The molecule has 0 spiro atoms. The summed E-state index contributed by atoms with van der Waals surface area (Å²) in [5.41, 5.74) is 1.26. The minimum absolute atomic E-state index is 0.0677. The van der Waals surface area contributed by atoms with Crippen molar-refractivity contribution in [1.29, 1.82) is 0 Å². The van der Waals surface area contributed by atoms with Crippen molar-refractivity contribution >= 4 is 15.8 Å². The van der Waals surface area contributed by atoms with Crippen LogP contribution >= 0.6 is 0 Å². The molecular formula is C30H30N4O6S. The molecule has 4 rings (SSSR count). The first-order chi connectivity index (χ1) is 20.0. The Balaban J connectivity index is 1.88. The number of rotatable bonds is 12. The molecule has 0 aliphatic carbocycles. The summed E-state index contributed by atoms with van der Waals surface area (Å²) in [5.74, 6) is 5.72. The molecule has 0 saturated heterocycles. The van der Waals surface area contributed by atoms with Gasteiger partial charge in [-0.15, -0.1) is 0 Å². The number of unbranched alkanes of at least 4 members (excludes halogenated alkanes) is 1. The van der Waals surface area contributed by atoms with E-state index < -0.39 is 10.0 Å². The summed E-state index contributed by atoms with van der Waals surface area (Å²) in [6.07, 6.45) is 5.49. The quantitative estimate of drug-likeness (QED) is 0.228. The molecule has 0 atom stereocenters. The van der Waals surface area contributed by atoms with Crippen LogP contribution in [0.5, 0.6) is 23.1 Å². The Bertz CT molecular complexity index is 1640. The monoisotopic (exact) mass is 574 g/mol. The van der Waals surface area contributed by atoms with Crippen molar-refractivity contribution in [1.82, 2.24) is 15.0 Å². The number of hydrogen-bond acceptors (Lipinski definition) is 9. The Morgan fingerprint density at radius 2 is 1.68 bits per heavy atom. The standard InChI is InChI=1S/C30H30N4O6S/c1-3-4-11-22-12-5-8-15-26(22)41(36,37)34-29-27(40-25-14-7-6-13-24(25)38-2)30(39-21-10-9-20-35)33-28(32-29)23-16-18-31-19-17-23/h5-8,12-19,35H,3-4,11,20-21H2,1-2H3,(H,32,33,34). The van der Waals surface area contributed by atoms with Crippen LogP contribution in [0.25, 0.3) is 11.4 Å². The van der Waals surface area contributed by atoms with Gasteiger partial charge >= 0.3 is 0 Å². The average Bonchev–Trinajstić information content (AvgIpc) is 3.00. The lowest BCUT2D eigenvalue weighted by Crippen LogP contribution is -2.17. The van der Waals surface area contributed by atoms with Gasteiger partial charge in [0.2, 0.25) is 5.75 Å². The van der Waals surface area contributed by atoms with Crippen LogP contribution in [0.4, 0.5) is 5.82 Å². The lowest BCUT2D eigenvalue weighted by molar-refractivity contribution is 0.323. The molecular weight excluding hydrogens is 544 g/mol. The molecule has 0 amide bonds. The number of para-hydroxylation sites is 2. The molecule has 4 aromatic rings. The van der Waals surface area contributed by atoms with Crippen LogP contribution in [0.2, 0.25) is 0 Å². The number of methoxy groups -OCH3 is 1. The second-order valence-corrected chi connectivity index (χ2v) is 10.3. The summed E-state index contributed by atoms with van der Waals surface area (Å²) in [4.78, 5) is 13.2. The van der Waals surface area contributed by atoms with E-state index in [1.54, 1.807) is 67.0 Å². The lowest BCUT2D eigenvalue weighted by atomic mass is 10.1. The fourth-order valence-corrected chi connectivity index (χ4v) is 5.14. The molecule has 0 radical (unpaired) electrons. The van der Waals surface area contributed by atoms with Gasteiger partial charge in [0, 0.05) is 18.0 Å². The van der Waals surface area contributed by atoms with E-state index in [1.165, 1.54) is 7.11 Å². The third-order valence-electron chi connectivity index (χ3n) is 5.83. The summed E-state index contributed by atoms with van der Waals surface area (Å²) < 4.78 is 47.7. The lowest BCUT2D eigenvalue weighted by Gasteiger charge is -2.18. The highest BCUT2D eigenvalue weighted by molar-refractivity contribution is 7.92. The topological polar surface area (TPSA) is 133 Å². The number of nitrogens with zero attached hydrogens (tertiary/aromatic N) is 3. The number of benzene rings is 2. The van der Waals surface area contributed by atoms with Gasteiger partial charge in [0.1, 0.15) is 6.61 Å². The van der Waals surface area contributed by atoms with Crippen molar-refractivity contribution in [2.24, 2.45) is 0 Å². The van der Waals surface area contributed by atoms with Crippen molar-refractivity contribution in [2.75, 3.05) is 25.0 Å². The van der Waals surface area contributed by atoms with Gasteiger partial charge in [-0.25, -0.2) is 13.4 Å². The minimum Gasteiger partial charge on any atom is -0.493 e. The summed E-state index contributed by atoms with van der Waals surface area (Å²) >= 11 is 0. The highest BCUT2D eigenvalue weighted by atomic mass is 32.2. The smallest absolute Gasteiger partial charge is 0.264 e. The third-order valence-corrected chi connectivity index (χ3v) is 7.27. The van der Waals surface area contributed by atoms with E-state index in [2.05, 4.69) is 31.5 Å². The fraction of sp³-hybridized carbons (Fsp3) is 0.233. The number of hydrogen-bond donors (Lipinski definition) is 2. The maximum atomic E-state index is 13.8. The van der Waals surface area contributed by atoms with Crippen LogP contribution in [0, 0.1) is 11.8 Å². The molecule has 0 saturated carbocycles. The predicted octanol–water partition coefficient (Wildman–Crippen LogP) is 4.86. The number of aliphatic hydroxyl groups excluding tert-OH is 1. The number of ether oxygens (including phenoxy) is 3. The Labute approximate surface area is 239 Å². The highest BCUT2D eigenvalue weighted by Crippen LogP contribution is 2.41. The van der Waals surface area contributed by atoms with Crippen molar-refractivity contribution in [3.63, 3.8) is 0 Å². The molecule has 0 unspecified atom stereocenters. The van der Waals surface area contributed by atoms with Crippen LogP contribution < -0.4 is 18.9 Å². The van der Waals surface area contributed by atoms with Crippen molar-refractivity contribution in [3.8, 4) is 46.4 Å². The Hall–Kier alpha value is -4.66. The summed E-state index contributed by atoms with van der Waals surface area (Å²) in [5, 5.41) is 9.04. The van der Waals surface area contributed by atoms with E-state index in [0.717, 1.165) is 12.8 Å². The predicted molar refractivity (Wildman–Crippen MR) is 155 cm³/mol. The van der Waals surface area contributed by atoms with Gasteiger partial charge < -0.3 is 19.3 Å². The molecule has 0 bridgehead atoms.